The second-order valence-electron chi connectivity index (χ2n) is 8.73. The normalized spacial score (nSPS) is 24.3. The van der Waals surface area contributed by atoms with Crippen molar-refractivity contribution >= 4 is 30.0 Å². The molecule has 3 amide bonds. The van der Waals surface area contributed by atoms with Gasteiger partial charge in [-0.2, -0.15) is 0 Å². The second kappa shape index (κ2) is 9.14. The molecule has 6 nitrogen and oxygen atoms in total. The molecule has 0 aliphatic carbocycles. The molecule has 3 rings (SSSR count). The Morgan fingerprint density at radius 3 is 2.61 bits per heavy atom. The molecule has 2 atom stereocenters. The standard InChI is InChI=1S/C21H32N4O2.ClH/c1-15-6-4-8-17(12-15)23-20(27)24-10-5-7-16(13-24)19(26)25-11-9-18(22)21(2,3)14-25;/h4,6,8,12,16,18H,5,7,9-11,13-14,22H2,1-3H3,(H,23,27);1H. The highest BCUT2D eigenvalue weighted by Crippen LogP contribution is 2.30. The lowest BCUT2D eigenvalue weighted by molar-refractivity contribution is -0.140. The number of hydrogen-bond donors (Lipinski definition) is 2. The molecule has 2 heterocycles. The molecule has 2 aliphatic rings. The summed E-state index contributed by atoms with van der Waals surface area (Å²) in [6, 6.07) is 7.76. The van der Waals surface area contributed by atoms with Crippen molar-refractivity contribution in [3.05, 3.63) is 29.8 Å². The van der Waals surface area contributed by atoms with E-state index < -0.39 is 0 Å². The molecule has 2 fully saturated rings. The van der Waals surface area contributed by atoms with Crippen LogP contribution in [0.3, 0.4) is 0 Å². The van der Waals surface area contributed by atoms with Gasteiger partial charge in [-0.05, 0) is 49.3 Å². The monoisotopic (exact) mass is 408 g/mol. The van der Waals surface area contributed by atoms with Gasteiger partial charge in [-0.15, -0.1) is 12.4 Å². The van der Waals surface area contributed by atoms with E-state index in [4.69, 9.17) is 5.73 Å². The summed E-state index contributed by atoms with van der Waals surface area (Å²) in [5.74, 6) is 0.0511. The number of nitrogens with one attached hydrogen (secondary N) is 1. The highest BCUT2D eigenvalue weighted by molar-refractivity contribution is 5.90. The number of likely N-dealkylation sites (tertiary alicyclic amines) is 2. The van der Waals surface area contributed by atoms with Crippen molar-refractivity contribution < 1.29 is 9.59 Å². The molecule has 0 bridgehead atoms. The zero-order valence-electron chi connectivity index (χ0n) is 17.1. The van der Waals surface area contributed by atoms with E-state index in [2.05, 4.69) is 19.2 Å². The molecule has 0 spiro atoms. The van der Waals surface area contributed by atoms with Crippen LogP contribution >= 0.6 is 12.4 Å². The van der Waals surface area contributed by atoms with Crippen LogP contribution in [0.1, 0.15) is 38.7 Å². The average molecular weight is 409 g/mol. The maximum absolute atomic E-state index is 13.0. The predicted molar refractivity (Wildman–Crippen MR) is 115 cm³/mol. The van der Waals surface area contributed by atoms with E-state index in [0.717, 1.165) is 37.1 Å². The second-order valence-corrected chi connectivity index (χ2v) is 8.73. The molecule has 3 N–H and O–H groups in total. The van der Waals surface area contributed by atoms with Gasteiger partial charge >= 0.3 is 6.03 Å². The molecule has 0 radical (unpaired) electrons. The van der Waals surface area contributed by atoms with Crippen molar-refractivity contribution in [1.29, 1.82) is 0 Å². The number of aryl methyl sites for hydroxylation is 1. The van der Waals surface area contributed by atoms with E-state index in [0.29, 0.717) is 19.6 Å². The molecule has 1 aromatic rings. The van der Waals surface area contributed by atoms with E-state index in [9.17, 15) is 9.59 Å². The third-order valence-corrected chi connectivity index (χ3v) is 5.95. The molecular weight excluding hydrogens is 376 g/mol. The topological polar surface area (TPSA) is 78.7 Å². The Bertz CT molecular complexity index is 709. The first-order valence-electron chi connectivity index (χ1n) is 9.93. The number of benzene rings is 1. The number of halogens is 1. The lowest BCUT2D eigenvalue weighted by Gasteiger charge is -2.44. The Hall–Kier alpha value is -1.79. The van der Waals surface area contributed by atoms with Gasteiger partial charge in [0.15, 0.2) is 0 Å². The molecule has 156 valence electrons. The van der Waals surface area contributed by atoms with Crippen LogP contribution in [0, 0.1) is 18.3 Å². The Balaban J connectivity index is 0.00000280. The highest BCUT2D eigenvalue weighted by Gasteiger charge is 2.38. The summed E-state index contributed by atoms with van der Waals surface area (Å²) in [5, 5.41) is 2.96. The van der Waals surface area contributed by atoms with Gasteiger partial charge in [0, 0.05) is 37.9 Å². The van der Waals surface area contributed by atoms with Crippen LogP contribution in [0.2, 0.25) is 0 Å². The van der Waals surface area contributed by atoms with Gasteiger partial charge in [0.25, 0.3) is 0 Å². The van der Waals surface area contributed by atoms with Crippen LogP contribution in [-0.2, 0) is 4.79 Å². The number of anilines is 1. The zero-order valence-corrected chi connectivity index (χ0v) is 17.9. The predicted octanol–water partition coefficient (Wildman–Crippen LogP) is 3.25. The maximum Gasteiger partial charge on any atom is 0.321 e. The third kappa shape index (κ3) is 5.17. The first-order valence-corrected chi connectivity index (χ1v) is 9.93. The number of urea groups is 1. The number of carbonyl (C=O) groups is 2. The number of amides is 3. The fraction of sp³-hybridized carbons (Fsp3) is 0.619. The lowest BCUT2D eigenvalue weighted by Crippen LogP contribution is -2.56. The first kappa shape index (κ1) is 22.5. The summed E-state index contributed by atoms with van der Waals surface area (Å²) >= 11 is 0. The third-order valence-electron chi connectivity index (χ3n) is 5.95. The molecule has 2 unspecified atom stereocenters. The van der Waals surface area contributed by atoms with E-state index in [-0.39, 0.29) is 41.7 Å². The van der Waals surface area contributed by atoms with Crippen LogP contribution < -0.4 is 11.1 Å². The van der Waals surface area contributed by atoms with Gasteiger partial charge in [-0.1, -0.05) is 26.0 Å². The minimum atomic E-state index is -0.126. The minimum Gasteiger partial charge on any atom is -0.342 e. The van der Waals surface area contributed by atoms with Crippen molar-refractivity contribution in [2.75, 3.05) is 31.5 Å². The fourth-order valence-corrected chi connectivity index (χ4v) is 4.11. The summed E-state index contributed by atoms with van der Waals surface area (Å²) in [4.78, 5) is 29.4. The Labute approximate surface area is 174 Å². The van der Waals surface area contributed by atoms with Crippen LogP contribution in [0.5, 0.6) is 0 Å². The largest absolute Gasteiger partial charge is 0.342 e. The van der Waals surface area contributed by atoms with Crippen molar-refractivity contribution in [3.63, 3.8) is 0 Å². The van der Waals surface area contributed by atoms with Crippen molar-refractivity contribution in [2.24, 2.45) is 17.1 Å². The number of nitrogens with two attached hydrogens (primary N) is 1. The van der Waals surface area contributed by atoms with Gasteiger partial charge in [-0.25, -0.2) is 4.79 Å². The number of carbonyl (C=O) groups excluding carboxylic acids is 2. The first-order chi connectivity index (χ1) is 12.8. The number of rotatable bonds is 2. The number of nitrogens with zero attached hydrogens (tertiary/aromatic N) is 2. The van der Waals surface area contributed by atoms with Crippen LogP contribution in [-0.4, -0.2) is 54.0 Å². The van der Waals surface area contributed by atoms with Crippen LogP contribution in [0.25, 0.3) is 0 Å². The highest BCUT2D eigenvalue weighted by atomic mass is 35.5. The summed E-state index contributed by atoms with van der Waals surface area (Å²) < 4.78 is 0. The van der Waals surface area contributed by atoms with E-state index in [1.54, 1.807) is 4.90 Å². The van der Waals surface area contributed by atoms with Gasteiger partial charge < -0.3 is 20.9 Å². The molecule has 2 saturated heterocycles. The molecular formula is C21H33ClN4O2. The molecule has 1 aromatic carbocycles. The van der Waals surface area contributed by atoms with E-state index >= 15 is 0 Å². The molecule has 2 aliphatic heterocycles. The number of piperidine rings is 2. The Kier molecular flexibility index (Phi) is 7.34. The summed E-state index contributed by atoms with van der Waals surface area (Å²) in [6.07, 6.45) is 2.54. The smallest absolute Gasteiger partial charge is 0.321 e. The molecule has 7 heteroatoms. The van der Waals surface area contributed by atoms with Gasteiger partial charge in [0.05, 0.1) is 5.92 Å². The van der Waals surface area contributed by atoms with Crippen molar-refractivity contribution in [2.45, 2.75) is 46.1 Å². The van der Waals surface area contributed by atoms with Crippen molar-refractivity contribution in [3.8, 4) is 0 Å². The van der Waals surface area contributed by atoms with Gasteiger partial charge in [0.2, 0.25) is 5.91 Å². The Morgan fingerprint density at radius 1 is 1.18 bits per heavy atom. The summed E-state index contributed by atoms with van der Waals surface area (Å²) in [7, 11) is 0. The summed E-state index contributed by atoms with van der Waals surface area (Å²) in [6.45, 7) is 8.84. The minimum absolute atomic E-state index is 0. The average Bonchev–Trinajstić information content (AvgIpc) is 2.63. The molecule has 28 heavy (non-hydrogen) atoms. The van der Waals surface area contributed by atoms with E-state index in [1.807, 2.05) is 36.1 Å². The van der Waals surface area contributed by atoms with Crippen LogP contribution in [0.4, 0.5) is 10.5 Å². The van der Waals surface area contributed by atoms with Gasteiger partial charge in [0.1, 0.15) is 0 Å². The Morgan fingerprint density at radius 2 is 1.93 bits per heavy atom. The molecule has 0 saturated carbocycles. The quantitative estimate of drug-likeness (QED) is 0.788. The lowest BCUT2D eigenvalue weighted by atomic mass is 9.79. The van der Waals surface area contributed by atoms with Crippen LogP contribution in [0.15, 0.2) is 24.3 Å². The maximum atomic E-state index is 13.0. The van der Waals surface area contributed by atoms with Crippen molar-refractivity contribution in [1.82, 2.24) is 9.80 Å². The SMILES string of the molecule is Cc1cccc(NC(=O)N2CCCC(C(=O)N3CCC(N)C(C)(C)C3)C2)c1.Cl. The van der Waals surface area contributed by atoms with Gasteiger partial charge in [-0.3, -0.25) is 4.79 Å². The molecule has 0 aromatic heterocycles. The van der Waals surface area contributed by atoms with E-state index in [1.165, 1.54) is 0 Å². The number of hydrogen-bond acceptors (Lipinski definition) is 3. The fourth-order valence-electron chi connectivity index (χ4n) is 4.11. The zero-order chi connectivity index (χ0) is 19.6. The summed E-state index contributed by atoms with van der Waals surface area (Å²) in [5.41, 5.74) is 8.03.